The molecule has 0 aromatic heterocycles. The smallest absolute Gasteiger partial charge is 0.282 e. The minimum absolute atomic E-state index is 0.0504. The molecule has 184 valence electrons. The van der Waals surface area contributed by atoms with Gasteiger partial charge >= 0.3 is 0 Å². The molecule has 0 amide bonds. The molecule has 2 saturated heterocycles. The first-order chi connectivity index (χ1) is 16.4. The summed E-state index contributed by atoms with van der Waals surface area (Å²) in [6, 6.07) is 16.0. The van der Waals surface area contributed by atoms with Crippen LogP contribution < -0.4 is 9.64 Å². The van der Waals surface area contributed by atoms with E-state index in [2.05, 4.69) is 0 Å². The fourth-order valence-electron chi connectivity index (χ4n) is 4.22. The third kappa shape index (κ3) is 6.21. The average molecular weight is 491 g/mol. The number of ether oxygens (including phenoxy) is 2. The van der Waals surface area contributed by atoms with Crippen molar-refractivity contribution in [1.82, 2.24) is 8.61 Å². The van der Waals surface area contributed by atoms with Crippen LogP contribution in [-0.4, -0.2) is 99.7 Å². The highest BCUT2D eigenvalue weighted by Gasteiger charge is 2.35. The van der Waals surface area contributed by atoms with Crippen LogP contribution in [-0.2, 0) is 14.9 Å². The first-order valence-electron chi connectivity index (χ1n) is 11.6. The predicted molar refractivity (Wildman–Crippen MR) is 126 cm³/mol. The second kappa shape index (κ2) is 11.4. The van der Waals surface area contributed by atoms with E-state index in [0.29, 0.717) is 75.9 Å². The van der Waals surface area contributed by atoms with Gasteiger partial charge < -0.3 is 19.5 Å². The Morgan fingerprint density at radius 2 is 1.53 bits per heavy atom. The molecule has 2 aliphatic heterocycles. The standard InChI is InChI=1S/C24H31N3O6S/c28-22(18-25-10-12-26(13-11-25)34(30,31)27-14-16-32-17-15-27)19-33-23-8-6-21(7-9-23)24(29)20-4-2-1-3-5-20/h1-9,22,28H,10-19H2/p+1/t22-/m0/s1. The number of aliphatic hydroxyl groups is 1. The lowest BCUT2D eigenvalue weighted by atomic mass is 10.0. The van der Waals surface area contributed by atoms with Gasteiger partial charge in [-0.05, 0) is 24.3 Å². The van der Waals surface area contributed by atoms with Gasteiger partial charge in [0, 0.05) is 24.2 Å². The molecule has 0 bridgehead atoms. The molecule has 34 heavy (non-hydrogen) atoms. The maximum absolute atomic E-state index is 12.8. The van der Waals surface area contributed by atoms with Crippen molar-refractivity contribution in [3.8, 4) is 5.75 Å². The van der Waals surface area contributed by atoms with E-state index in [1.54, 1.807) is 36.4 Å². The van der Waals surface area contributed by atoms with Gasteiger partial charge in [0.05, 0.1) is 39.4 Å². The van der Waals surface area contributed by atoms with Gasteiger partial charge in [-0.3, -0.25) is 4.79 Å². The van der Waals surface area contributed by atoms with Crippen LogP contribution in [0.15, 0.2) is 54.6 Å². The van der Waals surface area contributed by atoms with Gasteiger partial charge in [-0.25, -0.2) is 0 Å². The lowest BCUT2D eigenvalue weighted by molar-refractivity contribution is -0.906. The summed E-state index contributed by atoms with van der Waals surface area (Å²) in [4.78, 5) is 13.6. The molecule has 4 rings (SSSR count). The zero-order chi connectivity index (χ0) is 24.0. The van der Waals surface area contributed by atoms with Gasteiger partial charge in [-0.15, -0.1) is 0 Å². The summed E-state index contributed by atoms with van der Waals surface area (Å²) in [6.07, 6.45) is -0.678. The average Bonchev–Trinajstić information content (AvgIpc) is 2.89. The zero-order valence-corrected chi connectivity index (χ0v) is 20.0. The molecule has 0 spiro atoms. The van der Waals surface area contributed by atoms with E-state index in [9.17, 15) is 18.3 Å². The van der Waals surface area contributed by atoms with E-state index in [0.717, 1.165) is 4.90 Å². The largest absolute Gasteiger partial charge is 0.491 e. The molecule has 0 aliphatic carbocycles. The van der Waals surface area contributed by atoms with Crippen molar-refractivity contribution in [2.75, 3.05) is 65.6 Å². The Balaban J connectivity index is 1.20. The molecule has 2 heterocycles. The number of aliphatic hydroxyl groups excluding tert-OH is 1. The quantitative estimate of drug-likeness (QED) is 0.457. The first-order valence-corrected chi connectivity index (χ1v) is 13.0. The fourth-order valence-corrected chi connectivity index (χ4v) is 5.80. The molecule has 9 nitrogen and oxygen atoms in total. The van der Waals surface area contributed by atoms with E-state index in [-0.39, 0.29) is 12.4 Å². The number of carbonyl (C=O) groups excluding carboxylic acids is 1. The van der Waals surface area contributed by atoms with Crippen molar-refractivity contribution < 1.29 is 32.7 Å². The highest BCUT2D eigenvalue weighted by Crippen LogP contribution is 2.16. The molecule has 2 aromatic rings. The zero-order valence-electron chi connectivity index (χ0n) is 19.1. The van der Waals surface area contributed by atoms with Crippen LogP contribution in [0, 0.1) is 0 Å². The number of quaternary nitrogens is 1. The number of morpholine rings is 1. The van der Waals surface area contributed by atoms with Crippen molar-refractivity contribution in [2.45, 2.75) is 6.10 Å². The number of piperazine rings is 1. The van der Waals surface area contributed by atoms with Gasteiger partial charge in [0.2, 0.25) is 0 Å². The number of carbonyl (C=O) groups is 1. The first kappa shape index (κ1) is 24.8. The van der Waals surface area contributed by atoms with Crippen molar-refractivity contribution in [1.29, 1.82) is 0 Å². The van der Waals surface area contributed by atoms with Crippen LogP contribution in [0.4, 0.5) is 0 Å². The minimum Gasteiger partial charge on any atom is -0.491 e. The summed E-state index contributed by atoms with van der Waals surface area (Å²) in [5, 5.41) is 10.4. The predicted octanol–water partition coefficient (Wildman–Crippen LogP) is -0.565. The van der Waals surface area contributed by atoms with Gasteiger partial charge in [0.25, 0.3) is 10.2 Å². The minimum atomic E-state index is -3.45. The molecule has 10 heteroatoms. The molecule has 0 unspecified atom stereocenters. The van der Waals surface area contributed by atoms with Gasteiger partial charge in [0.1, 0.15) is 25.0 Å². The molecule has 0 saturated carbocycles. The molecule has 1 atom stereocenters. The molecular weight excluding hydrogens is 458 g/mol. The highest BCUT2D eigenvalue weighted by atomic mass is 32.2. The fraction of sp³-hybridized carbons (Fsp3) is 0.458. The summed E-state index contributed by atoms with van der Waals surface area (Å²) >= 11 is 0. The maximum atomic E-state index is 12.8. The Morgan fingerprint density at radius 1 is 0.941 bits per heavy atom. The SMILES string of the molecule is O=C(c1ccccc1)c1ccc(OC[C@@H](O)C[NH+]2CCN(S(=O)(=O)N3CCOCC3)CC2)cc1. The number of hydrogen-bond donors (Lipinski definition) is 2. The van der Waals surface area contributed by atoms with Crippen LogP contribution in [0.3, 0.4) is 0 Å². The summed E-state index contributed by atoms with van der Waals surface area (Å²) in [5.41, 5.74) is 1.21. The molecule has 2 fully saturated rings. The van der Waals surface area contributed by atoms with E-state index in [1.807, 2.05) is 18.2 Å². The normalized spacial score (nSPS) is 19.6. The number of benzene rings is 2. The number of ketones is 1. The Morgan fingerprint density at radius 3 is 2.18 bits per heavy atom. The number of nitrogens with zero attached hydrogens (tertiary/aromatic N) is 2. The third-order valence-corrected chi connectivity index (χ3v) is 8.21. The summed E-state index contributed by atoms with van der Waals surface area (Å²) in [7, 11) is -3.45. The van der Waals surface area contributed by atoms with Crippen LogP contribution >= 0.6 is 0 Å². The second-order valence-corrected chi connectivity index (χ2v) is 10.5. The van der Waals surface area contributed by atoms with E-state index < -0.39 is 16.3 Å². The van der Waals surface area contributed by atoms with Gasteiger partial charge in [0.15, 0.2) is 5.78 Å². The second-order valence-electron chi connectivity index (χ2n) is 8.56. The molecule has 2 N–H and O–H groups in total. The van der Waals surface area contributed by atoms with Crippen molar-refractivity contribution >= 4 is 16.0 Å². The van der Waals surface area contributed by atoms with Crippen LogP contribution in [0.1, 0.15) is 15.9 Å². The van der Waals surface area contributed by atoms with Crippen LogP contribution in [0.25, 0.3) is 0 Å². The Kier molecular flexibility index (Phi) is 8.30. The monoisotopic (exact) mass is 490 g/mol. The molecule has 2 aliphatic rings. The highest BCUT2D eigenvalue weighted by molar-refractivity contribution is 7.86. The Labute approximate surface area is 200 Å². The van der Waals surface area contributed by atoms with Crippen molar-refractivity contribution in [3.05, 3.63) is 65.7 Å². The van der Waals surface area contributed by atoms with E-state index in [1.165, 1.54) is 8.61 Å². The van der Waals surface area contributed by atoms with Crippen LogP contribution in [0.2, 0.25) is 0 Å². The third-order valence-electron chi connectivity index (χ3n) is 6.17. The van der Waals surface area contributed by atoms with E-state index >= 15 is 0 Å². The lowest BCUT2D eigenvalue weighted by Gasteiger charge is -2.36. The Hall–Kier alpha value is -2.34. The number of hydrogen-bond acceptors (Lipinski definition) is 6. The van der Waals surface area contributed by atoms with Crippen LogP contribution in [0.5, 0.6) is 5.75 Å². The maximum Gasteiger partial charge on any atom is 0.282 e. The van der Waals surface area contributed by atoms with Crippen molar-refractivity contribution in [3.63, 3.8) is 0 Å². The lowest BCUT2D eigenvalue weighted by Crippen LogP contribution is -3.16. The summed E-state index contributed by atoms with van der Waals surface area (Å²) < 4.78 is 39.5. The van der Waals surface area contributed by atoms with E-state index in [4.69, 9.17) is 9.47 Å². The molecule has 0 radical (unpaired) electrons. The Bertz CT molecular complexity index is 1030. The van der Waals surface area contributed by atoms with Crippen molar-refractivity contribution in [2.24, 2.45) is 0 Å². The molecular formula is C24H32N3O6S+. The number of rotatable bonds is 9. The topological polar surface area (TPSA) is 101 Å². The summed E-state index contributed by atoms with van der Waals surface area (Å²) in [5.74, 6) is 0.533. The van der Waals surface area contributed by atoms with Gasteiger partial charge in [-0.1, -0.05) is 30.3 Å². The number of nitrogens with one attached hydrogen (secondary N) is 1. The van der Waals surface area contributed by atoms with Gasteiger partial charge in [-0.2, -0.15) is 17.0 Å². The summed E-state index contributed by atoms with van der Waals surface area (Å²) in [6.45, 7) is 4.40. The molecule has 2 aromatic carbocycles.